The van der Waals surface area contributed by atoms with Crippen molar-refractivity contribution in [3.63, 3.8) is 0 Å². The lowest BCUT2D eigenvalue weighted by Gasteiger charge is -2.13. The molecular weight excluding hydrogens is 474 g/mol. The van der Waals surface area contributed by atoms with Crippen LogP contribution in [0.3, 0.4) is 0 Å². The standard InChI is InChI=1S/C19H16BrN5O2S2/c1-3-14-23-24-19(29-14)22-16(26)10(2)25-9-21-17-15(18(25)27)13(8-28-17)11-4-6-12(20)7-5-11/h4-10H,3H2,1-2H3,(H,22,24,26). The highest BCUT2D eigenvalue weighted by Gasteiger charge is 2.21. The van der Waals surface area contributed by atoms with Crippen LogP contribution in [0.25, 0.3) is 21.3 Å². The van der Waals surface area contributed by atoms with E-state index < -0.39 is 6.04 Å². The number of anilines is 1. The second-order valence-corrected chi connectivity index (χ2v) is 9.15. The molecule has 3 aromatic heterocycles. The number of aromatic nitrogens is 4. The van der Waals surface area contributed by atoms with Gasteiger partial charge in [0.15, 0.2) is 0 Å². The third-order valence-electron chi connectivity index (χ3n) is 4.47. The smallest absolute Gasteiger partial charge is 0.263 e. The summed E-state index contributed by atoms with van der Waals surface area (Å²) in [6, 6.07) is 7.00. The third-order valence-corrected chi connectivity index (χ3v) is 6.87. The lowest BCUT2D eigenvalue weighted by atomic mass is 10.1. The van der Waals surface area contributed by atoms with Crippen LogP contribution < -0.4 is 10.9 Å². The monoisotopic (exact) mass is 489 g/mol. The summed E-state index contributed by atoms with van der Waals surface area (Å²) in [5.41, 5.74) is 1.49. The largest absolute Gasteiger partial charge is 0.299 e. The van der Waals surface area contributed by atoms with Crippen LogP contribution >= 0.6 is 38.6 Å². The Morgan fingerprint density at radius 2 is 2.03 bits per heavy atom. The fourth-order valence-corrected chi connectivity index (χ4v) is 4.70. The minimum atomic E-state index is -0.744. The summed E-state index contributed by atoms with van der Waals surface area (Å²) in [6.45, 7) is 3.64. The number of nitrogens with zero attached hydrogens (tertiary/aromatic N) is 4. The van der Waals surface area contributed by atoms with Gasteiger partial charge in [-0.2, -0.15) is 0 Å². The number of benzene rings is 1. The van der Waals surface area contributed by atoms with E-state index in [9.17, 15) is 9.59 Å². The average molecular weight is 490 g/mol. The Bertz CT molecular complexity index is 1250. The van der Waals surface area contributed by atoms with Gasteiger partial charge in [0.2, 0.25) is 11.0 Å². The minimum absolute atomic E-state index is 0.247. The predicted molar refractivity (Wildman–Crippen MR) is 120 cm³/mol. The summed E-state index contributed by atoms with van der Waals surface area (Å²) < 4.78 is 2.32. The number of carbonyl (C=O) groups excluding carboxylic acids is 1. The highest BCUT2D eigenvalue weighted by Crippen LogP contribution is 2.31. The van der Waals surface area contributed by atoms with Gasteiger partial charge < -0.3 is 0 Å². The summed E-state index contributed by atoms with van der Waals surface area (Å²) in [5.74, 6) is -0.340. The van der Waals surface area contributed by atoms with Crippen LogP contribution in [0.15, 0.2) is 45.2 Å². The zero-order valence-electron chi connectivity index (χ0n) is 15.5. The molecule has 0 spiro atoms. The van der Waals surface area contributed by atoms with Crippen molar-refractivity contribution in [2.75, 3.05) is 5.32 Å². The average Bonchev–Trinajstić information content (AvgIpc) is 3.35. The Hall–Kier alpha value is -2.43. The van der Waals surface area contributed by atoms with Crippen molar-refractivity contribution in [2.45, 2.75) is 26.3 Å². The topological polar surface area (TPSA) is 89.8 Å². The molecule has 1 amide bonds. The number of hydrogen-bond acceptors (Lipinski definition) is 7. The number of rotatable bonds is 5. The van der Waals surface area contributed by atoms with E-state index in [0.29, 0.717) is 15.3 Å². The van der Waals surface area contributed by atoms with Crippen LogP contribution in [-0.4, -0.2) is 25.7 Å². The van der Waals surface area contributed by atoms with Gasteiger partial charge in [-0.25, -0.2) is 4.98 Å². The first-order valence-corrected chi connectivity index (χ1v) is 11.3. The quantitative estimate of drug-likeness (QED) is 0.445. The maximum Gasteiger partial charge on any atom is 0.263 e. The van der Waals surface area contributed by atoms with Crippen molar-refractivity contribution in [1.29, 1.82) is 0 Å². The normalized spacial score (nSPS) is 12.2. The number of carbonyl (C=O) groups is 1. The molecule has 0 saturated heterocycles. The molecule has 0 bridgehead atoms. The summed E-state index contributed by atoms with van der Waals surface area (Å²) in [5, 5.41) is 14.4. The molecule has 0 aliphatic carbocycles. The van der Waals surface area contributed by atoms with E-state index in [1.807, 2.05) is 36.6 Å². The van der Waals surface area contributed by atoms with Crippen molar-refractivity contribution in [3.8, 4) is 11.1 Å². The molecule has 3 heterocycles. The highest BCUT2D eigenvalue weighted by atomic mass is 79.9. The molecule has 0 saturated carbocycles. The lowest BCUT2D eigenvalue weighted by Crippen LogP contribution is -2.31. The molecule has 4 aromatic rings. The minimum Gasteiger partial charge on any atom is -0.299 e. The molecule has 7 nitrogen and oxygen atoms in total. The fraction of sp³-hybridized carbons (Fsp3) is 0.211. The number of thiophene rings is 1. The van der Waals surface area contributed by atoms with Gasteiger partial charge in [-0.1, -0.05) is 46.3 Å². The first-order valence-electron chi connectivity index (χ1n) is 8.85. The molecular formula is C19H16BrN5O2S2. The van der Waals surface area contributed by atoms with Crippen molar-refractivity contribution < 1.29 is 4.79 Å². The van der Waals surface area contributed by atoms with E-state index in [-0.39, 0.29) is 11.5 Å². The zero-order chi connectivity index (χ0) is 20.5. The first kappa shape index (κ1) is 19.9. The third kappa shape index (κ3) is 3.87. The molecule has 1 N–H and O–H groups in total. The van der Waals surface area contributed by atoms with E-state index >= 15 is 0 Å². The second-order valence-electron chi connectivity index (χ2n) is 6.31. The molecule has 148 valence electrons. The van der Waals surface area contributed by atoms with Crippen LogP contribution in [0.2, 0.25) is 0 Å². The van der Waals surface area contributed by atoms with E-state index in [1.165, 1.54) is 33.6 Å². The molecule has 10 heteroatoms. The SMILES string of the molecule is CCc1nnc(NC(=O)C(C)n2cnc3scc(-c4ccc(Br)cc4)c3c2=O)s1. The van der Waals surface area contributed by atoms with Gasteiger partial charge in [-0.15, -0.1) is 21.5 Å². The van der Waals surface area contributed by atoms with Crippen LogP contribution in [0.4, 0.5) is 5.13 Å². The highest BCUT2D eigenvalue weighted by molar-refractivity contribution is 9.10. The van der Waals surface area contributed by atoms with Crippen molar-refractivity contribution in [2.24, 2.45) is 0 Å². The van der Waals surface area contributed by atoms with E-state index in [2.05, 4.69) is 36.4 Å². The van der Waals surface area contributed by atoms with Crippen LogP contribution in [0, 0.1) is 0 Å². The number of aryl methyl sites for hydroxylation is 1. The van der Waals surface area contributed by atoms with E-state index in [4.69, 9.17) is 0 Å². The summed E-state index contributed by atoms with van der Waals surface area (Å²) >= 11 is 6.16. The number of fused-ring (bicyclic) bond motifs is 1. The molecule has 29 heavy (non-hydrogen) atoms. The van der Waals surface area contributed by atoms with Gasteiger partial charge in [0.1, 0.15) is 15.9 Å². The molecule has 1 unspecified atom stereocenters. The Balaban J connectivity index is 1.69. The van der Waals surface area contributed by atoms with Gasteiger partial charge in [0.25, 0.3) is 5.56 Å². The molecule has 0 aliphatic rings. The number of amides is 1. The number of nitrogens with one attached hydrogen (secondary N) is 1. The Kier molecular flexibility index (Phi) is 5.57. The van der Waals surface area contributed by atoms with Crippen molar-refractivity contribution in [3.05, 3.63) is 55.8 Å². The van der Waals surface area contributed by atoms with E-state index in [1.54, 1.807) is 6.92 Å². The Morgan fingerprint density at radius 1 is 1.28 bits per heavy atom. The van der Waals surface area contributed by atoms with Gasteiger partial charge in [0.05, 0.1) is 11.7 Å². The molecule has 0 aliphatic heterocycles. The van der Waals surface area contributed by atoms with Crippen LogP contribution in [-0.2, 0) is 11.2 Å². The zero-order valence-corrected chi connectivity index (χ0v) is 18.8. The maximum absolute atomic E-state index is 13.2. The molecule has 0 radical (unpaired) electrons. The predicted octanol–water partition coefficient (Wildman–Crippen LogP) is 4.50. The Morgan fingerprint density at radius 3 is 2.72 bits per heavy atom. The molecule has 1 atom stereocenters. The van der Waals surface area contributed by atoms with Crippen molar-refractivity contribution >= 4 is 59.9 Å². The maximum atomic E-state index is 13.2. The number of hydrogen-bond donors (Lipinski definition) is 1. The lowest BCUT2D eigenvalue weighted by molar-refractivity contribution is -0.118. The van der Waals surface area contributed by atoms with E-state index in [0.717, 1.165) is 27.0 Å². The van der Waals surface area contributed by atoms with Gasteiger partial charge in [-0.05, 0) is 31.0 Å². The van der Waals surface area contributed by atoms with Gasteiger partial charge in [0, 0.05) is 15.4 Å². The van der Waals surface area contributed by atoms with Gasteiger partial charge >= 0.3 is 0 Å². The van der Waals surface area contributed by atoms with Crippen LogP contribution in [0.1, 0.15) is 24.9 Å². The second kappa shape index (κ2) is 8.13. The molecule has 1 aromatic carbocycles. The summed E-state index contributed by atoms with van der Waals surface area (Å²) in [4.78, 5) is 30.9. The van der Waals surface area contributed by atoms with Crippen molar-refractivity contribution in [1.82, 2.24) is 19.7 Å². The Labute approximate surface area is 182 Å². The number of halogens is 1. The fourth-order valence-electron chi connectivity index (χ4n) is 2.85. The van der Waals surface area contributed by atoms with Crippen LogP contribution in [0.5, 0.6) is 0 Å². The summed E-state index contributed by atoms with van der Waals surface area (Å²) in [6.07, 6.45) is 2.18. The molecule has 4 rings (SSSR count). The molecule has 0 fully saturated rings. The summed E-state index contributed by atoms with van der Waals surface area (Å²) in [7, 11) is 0. The van der Waals surface area contributed by atoms with Gasteiger partial charge in [-0.3, -0.25) is 19.5 Å². The first-order chi connectivity index (χ1) is 14.0.